The molecule has 0 aromatic heterocycles. The predicted molar refractivity (Wildman–Crippen MR) is 142 cm³/mol. The number of hydrazine groups is 1. The van der Waals surface area contributed by atoms with E-state index in [-0.39, 0.29) is 30.5 Å². The Kier molecular flexibility index (Phi) is 11.2. The first kappa shape index (κ1) is 30.0. The quantitative estimate of drug-likeness (QED) is 0.233. The van der Waals surface area contributed by atoms with Crippen molar-refractivity contribution in [3.05, 3.63) is 29.8 Å². The van der Waals surface area contributed by atoms with Gasteiger partial charge in [0.2, 0.25) is 11.8 Å². The zero-order valence-electron chi connectivity index (χ0n) is 22.6. The maximum Gasteiger partial charge on any atom is 0.322 e. The summed E-state index contributed by atoms with van der Waals surface area (Å²) in [5, 5.41) is 15.9. The van der Waals surface area contributed by atoms with Crippen LogP contribution in [0.2, 0.25) is 0 Å². The zero-order valence-corrected chi connectivity index (χ0v) is 22.6. The molecular formula is C27H39N5O7. The first-order chi connectivity index (χ1) is 18.7. The molecule has 0 bridgehead atoms. The van der Waals surface area contributed by atoms with E-state index in [1.54, 1.807) is 4.90 Å². The van der Waals surface area contributed by atoms with Gasteiger partial charge < -0.3 is 25.4 Å². The van der Waals surface area contributed by atoms with E-state index >= 15 is 0 Å². The molecule has 4 amide bonds. The maximum absolute atomic E-state index is 13.6. The highest BCUT2D eigenvalue weighted by molar-refractivity contribution is 6.05. The molecule has 39 heavy (non-hydrogen) atoms. The second-order valence-corrected chi connectivity index (χ2v) is 10.1. The van der Waals surface area contributed by atoms with Gasteiger partial charge in [-0.15, -0.1) is 0 Å². The summed E-state index contributed by atoms with van der Waals surface area (Å²) in [6.07, 6.45) is 4.46. The lowest BCUT2D eigenvalue weighted by Crippen LogP contribution is -2.56. The number of ether oxygens (including phenoxy) is 1. The van der Waals surface area contributed by atoms with Gasteiger partial charge >= 0.3 is 5.97 Å². The van der Waals surface area contributed by atoms with Gasteiger partial charge in [0.25, 0.3) is 11.8 Å². The Balaban J connectivity index is 1.67. The van der Waals surface area contributed by atoms with Crippen molar-refractivity contribution in [3.8, 4) is 5.75 Å². The molecule has 0 spiro atoms. The van der Waals surface area contributed by atoms with Crippen LogP contribution in [0.4, 0.5) is 0 Å². The highest BCUT2D eigenvalue weighted by atomic mass is 16.5. The second kappa shape index (κ2) is 14.6. The fourth-order valence-electron chi connectivity index (χ4n) is 4.76. The van der Waals surface area contributed by atoms with Crippen LogP contribution in [-0.4, -0.2) is 90.5 Å². The predicted octanol–water partition coefficient (Wildman–Crippen LogP) is 0.776. The molecular weight excluding hydrogens is 506 g/mol. The molecule has 12 heteroatoms. The van der Waals surface area contributed by atoms with Crippen molar-refractivity contribution >= 4 is 29.6 Å². The summed E-state index contributed by atoms with van der Waals surface area (Å²) in [6.45, 7) is 3.82. The van der Waals surface area contributed by atoms with Gasteiger partial charge in [0.1, 0.15) is 11.8 Å². The molecule has 4 N–H and O–H groups in total. The Labute approximate surface area is 228 Å². The Morgan fingerprint density at radius 1 is 1.13 bits per heavy atom. The molecule has 2 heterocycles. The van der Waals surface area contributed by atoms with Crippen LogP contribution in [0.15, 0.2) is 24.3 Å². The Morgan fingerprint density at radius 2 is 1.82 bits per heavy atom. The van der Waals surface area contributed by atoms with E-state index < -0.39 is 29.7 Å². The van der Waals surface area contributed by atoms with Gasteiger partial charge in [0.05, 0.1) is 5.92 Å². The van der Waals surface area contributed by atoms with Crippen LogP contribution in [0.5, 0.6) is 5.75 Å². The number of hydrogen-bond acceptors (Lipinski definition) is 8. The van der Waals surface area contributed by atoms with E-state index in [1.165, 1.54) is 38.2 Å². The van der Waals surface area contributed by atoms with Crippen LogP contribution in [0, 0.1) is 11.8 Å². The second-order valence-electron chi connectivity index (χ2n) is 10.1. The van der Waals surface area contributed by atoms with E-state index in [9.17, 15) is 29.1 Å². The number of carbonyl (C=O) groups excluding carboxylic acids is 4. The molecule has 2 aliphatic heterocycles. The number of nitrogens with one attached hydrogen (secondary N) is 3. The zero-order chi connectivity index (χ0) is 28.4. The summed E-state index contributed by atoms with van der Waals surface area (Å²) in [4.78, 5) is 64.5. The van der Waals surface area contributed by atoms with E-state index in [2.05, 4.69) is 16.1 Å². The van der Waals surface area contributed by atoms with Gasteiger partial charge in [-0.2, -0.15) is 0 Å². The van der Waals surface area contributed by atoms with Crippen LogP contribution in [0.3, 0.4) is 0 Å². The van der Waals surface area contributed by atoms with Crippen LogP contribution in [0.25, 0.3) is 0 Å². The number of carbonyl (C=O) groups is 5. The molecule has 0 saturated carbocycles. The summed E-state index contributed by atoms with van der Waals surface area (Å²) in [6, 6.07) is 4.64. The number of carboxylic acid groups (broad SMARTS) is 1. The third-order valence-electron chi connectivity index (χ3n) is 7.22. The standard InChI is InChI=1S/C27H39N5O7/c1-18(27(37)38)30-32(25(35)20-6-8-22(9-7-20)39-17-23(33)28-2)26(36)21-4-3-15-31(16-21)24(34)10-5-19-11-13-29-14-12-19/h6-9,18-19,21,29-30H,3-5,10-17H2,1-2H3,(H,28,33)(H,37,38)/t18-,21-/m1/s1. The molecule has 2 fully saturated rings. The summed E-state index contributed by atoms with van der Waals surface area (Å²) < 4.78 is 5.35. The first-order valence-corrected chi connectivity index (χ1v) is 13.5. The Hall–Kier alpha value is -3.51. The highest BCUT2D eigenvalue weighted by Gasteiger charge is 2.35. The molecule has 0 unspecified atom stereocenters. The average molecular weight is 546 g/mol. The first-order valence-electron chi connectivity index (χ1n) is 13.5. The number of amides is 4. The number of hydrogen-bond donors (Lipinski definition) is 4. The normalized spacial score (nSPS) is 18.6. The number of piperidine rings is 2. The smallest absolute Gasteiger partial charge is 0.322 e. The number of likely N-dealkylation sites (tertiary alicyclic amines) is 1. The molecule has 214 valence electrons. The van der Waals surface area contributed by atoms with Gasteiger partial charge in [0.15, 0.2) is 6.61 Å². The molecule has 2 aliphatic rings. The van der Waals surface area contributed by atoms with Gasteiger partial charge in [-0.25, -0.2) is 10.4 Å². The molecule has 0 aliphatic carbocycles. The van der Waals surface area contributed by atoms with Crippen molar-refractivity contribution < 1.29 is 33.8 Å². The van der Waals surface area contributed by atoms with E-state index in [0.29, 0.717) is 37.5 Å². The van der Waals surface area contributed by atoms with Crippen molar-refractivity contribution in [2.75, 3.05) is 39.8 Å². The molecule has 1 aromatic carbocycles. The topological polar surface area (TPSA) is 157 Å². The van der Waals surface area contributed by atoms with Crippen molar-refractivity contribution in [1.29, 1.82) is 0 Å². The summed E-state index contributed by atoms with van der Waals surface area (Å²) in [7, 11) is 1.49. The molecule has 2 atom stereocenters. The van der Waals surface area contributed by atoms with Crippen molar-refractivity contribution in [2.45, 2.75) is 51.5 Å². The number of likely N-dealkylation sites (N-methyl/N-ethyl adjacent to an activating group) is 1. The number of imide groups is 1. The minimum Gasteiger partial charge on any atom is -0.484 e. The van der Waals surface area contributed by atoms with E-state index in [0.717, 1.165) is 37.4 Å². The lowest BCUT2D eigenvalue weighted by atomic mass is 9.92. The average Bonchev–Trinajstić information content (AvgIpc) is 2.97. The molecule has 3 rings (SSSR count). The van der Waals surface area contributed by atoms with Crippen molar-refractivity contribution in [1.82, 2.24) is 26.0 Å². The minimum absolute atomic E-state index is 0.00289. The fraction of sp³-hybridized carbons (Fsp3) is 0.593. The van der Waals surface area contributed by atoms with E-state index in [4.69, 9.17) is 4.74 Å². The Bertz CT molecular complexity index is 1030. The summed E-state index contributed by atoms with van der Waals surface area (Å²) in [5.41, 5.74) is 2.66. The largest absolute Gasteiger partial charge is 0.484 e. The monoisotopic (exact) mass is 545 g/mol. The van der Waals surface area contributed by atoms with Crippen molar-refractivity contribution in [2.24, 2.45) is 11.8 Å². The number of rotatable bonds is 11. The lowest BCUT2D eigenvalue weighted by molar-refractivity contribution is -0.144. The van der Waals surface area contributed by atoms with Gasteiger partial charge in [0, 0.05) is 32.1 Å². The number of aliphatic carboxylic acids is 1. The van der Waals surface area contributed by atoms with Crippen LogP contribution in [0.1, 0.15) is 55.8 Å². The van der Waals surface area contributed by atoms with Crippen LogP contribution >= 0.6 is 0 Å². The molecule has 12 nitrogen and oxygen atoms in total. The highest BCUT2D eigenvalue weighted by Crippen LogP contribution is 2.23. The molecule has 0 radical (unpaired) electrons. The SMILES string of the molecule is CNC(=O)COc1ccc(C(=O)N(N[C@H](C)C(=O)O)C(=O)[C@@H]2CCCN(C(=O)CCC3CCNCC3)C2)cc1. The van der Waals surface area contributed by atoms with Crippen LogP contribution < -0.4 is 20.8 Å². The summed E-state index contributed by atoms with van der Waals surface area (Å²) in [5.74, 6) is -2.61. The van der Waals surface area contributed by atoms with Gasteiger partial charge in [-0.1, -0.05) is 0 Å². The van der Waals surface area contributed by atoms with Gasteiger partial charge in [-0.3, -0.25) is 24.0 Å². The number of benzene rings is 1. The van der Waals surface area contributed by atoms with Gasteiger partial charge in [-0.05, 0) is 82.3 Å². The van der Waals surface area contributed by atoms with E-state index in [1.807, 2.05) is 0 Å². The maximum atomic E-state index is 13.6. The Morgan fingerprint density at radius 3 is 2.46 bits per heavy atom. The lowest BCUT2D eigenvalue weighted by Gasteiger charge is -2.35. The van der Waals surface area contributed by atoms with Crippen molar-refractivity contribution in [3.63, 3.8) is 0 Å². The van der Waals surface area contributed by atoms with Crippen LogP contribution in [-0.2, 0) is 19.2 Å². The molecule has 1 aromatic rings. The fourth-order valence-corrected chi connectivity index (χ4v) is 4.76. The minimum atomic E-state index is -1.23. The third kappa shape index (κ3) is 8.75. The summed E-state index contributed by atoms with van der Waals surface area (Å²) >= 11 is 0. The molecule has 2 saturated heterocycles. The number of carboxylic acids is 1. The third-order valence-corrected chi connectivity index (χ3v) is 7.22. The number of nitrogens with zero attached hydrogens (tertiary/aromatic N) is 2.